The molecule has 152 valence electrons. The van der Waals surface area contributed by atoms with Crippen molar-refractivity contribution >= 4 is 27.3 Å². The molecule has 0 spiro atoms. The van der Waals surface area contributed by atoms with Gasteiger partial charge in [0.05, 0.1) is 17.5 Å². The fourth-order valence-electron chi connectivity index (χ4n) is 2.82. The summed E-state index contributed by atoms with van der Waals surface area (Å²) < 4.78 is 31.3. The summed E-state index contributed by atoms with van der Waals surface area (Å²) >= 11 is 0. The van der Waals surface area contributed by atoms with Crippen LogP contribution < -0.4 is 20.1 Å². The largest absolute Gasteiger partial charge is 0.492 e. The molecular weight excluding hydrogens is 378 g/mol. The molecule has 8 heteroatoms. The van der Waals surface area contributed by atoms with Crippen molar-refractivity contribution < 1.29 is 17.9 Å². The first kappa shape index (κ1) is 21.7. The Morgan fingerprint density at radius 1 is 1.11 bits per heavy atom. The molecule has 28 heavy (non-hydrogen) atoms. The Kier molecular flexibility index (Phi) is 7.42. The molecule has 1 amide bonds. The van der Waals surface area contributed by atoms with Crippen molar-refractivity contribution in [2.75, 3.05) is 36.0 Å². The quantitative estimate of drug-likeness (QED) is 0.558. The second-order valence-electron chi connectivity index (χ2n) is 6.52. The summed E-state index contributed by atoms with van der Waals surface area (Å²) in [7, 11) is -3.49. The van der Waals surface area contributed by atoms with E-state index in [4.69, 9.17) is 4.74 Å². The summed E-state index contributed by atoms with van der Waals surface area (Å²) in [5.74, 6) is 0.404. The van der Waals surface area contributed by atoms with Gasteiger partial charge in [0.2, 0.25) is 10.0 Å². The number of hydrogen-bond acceptors (Lipinski definition) is 5. The number of anilines is 2. The second kappa shape index (κ2) is 9.57. The van der Waals surface area contributed by atoms with Crippen LogP contribution in [0.5, 0.6) is 5.75 Å². The number of benzene rings is 2. The summed E-state index contributed by atoms with van der Waals surface area (Å²) in [6.07, 6.45) is 1.04. The molecule has 0 saturated carbocycles. The standard InChI is InChI=1S/C20H27N3O4S/c1-5-21-10-11-27-19-14(2)12-16(13-15(19)3)22-20(24)17-8-6-7-9-18(17)23-28(4,25)26/h6-9,12-13,21,23H,5,10-11H2,1-4H3,(H,22,24). The fraction of sp³-hybridized carbons (Fsp3) is 0.350. The van der Waals surface area contributed by atoms with Gasteiger partial charge in [-0.3, -0.25) is 9.52 Å². The van der Waals surface area contributed by atoms with Crippen molar-refractivity contribution in [1.29, 1.82) is 0 Å². The molecule has 0 saturated heterocycles. The lowest BCUT2D eigenvalue weighted by Gasteiger charge is -2.15. The molecule has 0 aliphatic heterocycles. The van der Waals surface area contributed by atoms with E-state index in [0.717, 1.165) is 36.2 Å². The predicted molar refractivity (Wildman–Crippen MR) is 113 cm³/mol. The van der Waals surface area contributed by atoms with Crippen molar-refractivity contribution in [3.63, 3.8) is 0 Å². The fourth-order valence-corrected chi connectivity index (χ4v) is 3.40. The summed E-state index contributed by atoms with van der Waals surface area (Å²) in [6.45, 7) is 8.10. The Hall–Kier alpha value is -2.58. The smallest absolute Gasteiger partial charge is 0.257 e. The molecule has 2 aromatic carbocycles. The SMILES string of the molecule is CCNCCOc1c(C)cc(NC(=O)c2ccccc2NS(C)(=O)=O)cc1C. The van der Waals surface area contributed by atoms with Crippen molar-refractivity contribution in [3.8, 4) is 5.75 Å². The number of nitrogens with one attached hydrogen (secondary N) is 3. The molecule has 0 atom stereocenters. The van der Waals surface area contributed by atoms with E-state index >= 15 is 0 Å². The molecular formula is C20H27N3O4S. The van der Waals surface area contributed by atoms with Crippen molar-refractivity contribution in [2.45, 2.75) is 20.8 Å². The normalized spacial score (nSPS) is 11.1. The number of carbonyl (C=O) groups excluding carboxylic acids is 1. The van der Waals surface area contributed by atoms with Crippen molar-refractivity contribution in [2.24, 2.45) is 0 Å². The van der Waals surface area contributed by atoms with Crippen LogP contribution in [0.25, 0.3) is 0 Å². The van der Waals surface area contributed by atoms with Crippen molar-refractivity contribution in [1.82, 2.24) is 5.32 Å². The van der Waals surface area contributed by atoms with Crippen LogP contribution in [0.1, 0.15) is 28.4 Å². The van der Waals surface area contributed by atoms with E-state index < -0.39 is 15.9 Å². The molecule has 2 aromatic rings. The van der Waals surface area contributed by atoms with Crippen LogP contribution in [-0.4, -0.2) is 40.3 Å². The van der Waals surface area contributed by atoms with E-state index in [9.17, 15) is 13.2 Å². The molecule has 0 bridgehead atoms. The lowest BCUT2D eigenvalue weighted by atomic mass is 10.1. The second-order valence-corrected chi connectivity index (χ2v) is 8.26. The van der Waals surface area contributed by atoms with E-state index in [1.165, 1.54) is 0 Å². The van der Waals surface area contributed by atoms with E-state index in [2.05, 4.69) is 15.4 Å². The van der Waals surface area contributed by atoms with Gasteiger partial charge in [0.25, 0.3) is 5.91 Å². The van der Waals surface area contributed by atoms with E-state index in [0.29, 0.717) is 12.3 Å². The highest BCUT2D eigenvalue weighted by atomic mass is 32.2. The number of amides is 1. The summed E-state index contributed by atoms with van der Waals surface area (Å²) in [6, 6.07) is 10.1. The van der Waals surface area contributed by atoms with Gasteiger partial charge in [-0.05, 0) is 55.8 Å². The molecule has 2 rings (SSSR count). The van der Waals surface area contributed by atoms with E-state index in [1.807, 2.05) is 32.9 Å². The first-order valence-electron chi connectivity index (χ1n) is 9.04. The zero-order chi connectivity index (χ0) is 20.7. The van der Waals surface area contributed by atoms with Gasteiger partial charge >= 0.3 is 0 Å². The predicted octanol–water partition coefficient (Wildman–Crippen LogP) is 2.92. The van der Waals surface area contributed by atoms with Gasteiger partial charge in [0, 0.05) is 12.2 Å². The Bertz CT molecular complexity index is 919. The number of aryl methyl sites for hydroxylation is 2. The Labute approximate surface area is 166 Å². The topological polar surface area (TPSA) is 96.5 Å². The van der Waals surface area contributed by atoms with Gasteiger partial charge < -0.3 is 15.4 Å². The van der Waals surface area contributed by atoms with Gasteiger partial charge in [-0.25, -0.2) is 8.42 Å². The minimum atomic E-state index is -3.49. The number of sulfonamides is 1. The maximum atomic E-state index is 12.7. The van der Waals surface area contributed by atoms with Crippen molar-refractivity contribution in [3.05, 3.63) is 53.1 Å². The maximum Gasteiger partial charge on any atom is 0.257 e. The van der Waals surface area contributed by atoms with Crippen LogP contribution in [0.3, 0.4) is 0 Å². The van der Waals surface area contributed by atoms with Gasteiger partial charge in [0.1, 0.15) is 12.4 Å². The van der Waals surface area contributed by atoms with E-state index in [1.54, 1.807) is 24.3 Å². The average molecular weight is 406 g/mol. The highest BCUT2D eigenvalue weighted by Crippen LogP contribution is 2.28. The third kappa shape index (κ3) is 6.24. The summed E-state index contributed by atoms with van der Waals surface area (Å²) in [5.41, 5.74) is 2.92. The van der Waals surface area contributed by atoms with Crippen LogP contribution >= 0.6 is 0 Å². The zero-order valence-corrected chi connectivity index (χ0v) is 17.4. The molecule has 0 aliphatic rings. The van der Waals surface area contributed by atoms with Crippen LogP contribution in [0.2, 0.25) is 0 Å². The summed E-state index contributed by atoms with van der Waals surface area (Å²) in [4.78, 5) is 12.7. The number of carbonyl (C=O) groups is 1. The Balaban J connectivity index is 2.17. The number of hydrogen-bond donors (Lipinski definition) is 3. The maximum absolute atomic E-state index is 12.7. The Morgan fingerprint density at radius 3 is 2.36 bits per heavy atom. The van der Waals surface area contributed by atoms with Crippen LogP contribution in [0.15, 0.2) is 36.4 Å². The van der Waals surface area contributed by atoms with Crippen LogP contribution in [0.4, 0.5) is 11.4 Å². The van der Waals surface area contributed by atoms with Gasteiger partial charge in [-0.2, -0.15) is 0 Å². The minimum Gasteiger partial charge on any atom is -0.492 e. The van der Waals surface area contributed by atoms with Gasteiger partial charge in [-0.15, -0.1) is 0 Å². The average Bonchev–Trinajstić information content (AvgIpc) is 2.59. The monoisotopic (exact) mass is 405 g/mol. The highest BCUT2D eigenvalue weighted by molar-refractivity contribution is 7.92. The molecule has 7 nitrogen and oxygen atoms in total. The minimum absolute atomic E-state index is 0.235. The van der Waals surface area contributed by atoms with E-state index in [-0.39, 0.29) is 11.3 Å². The molecule has 3 N–H and O–H groups in total. The number of para-hydroxylation sites is 1. The number of ether oxygens (including phenoxy) is 1. The van der Waals surface area contributed by atoms with Gasteiger partial charge in [-0.1, -0.05) is 19.1 Å². The lowest BCUT2D eigenvalue weighted by Crippen LogP contribution is -2.21. The molecule has 0 aliphatic carbocycles. The Morgan fingerprint density at radius 2 is 1.75 bits per heavy atom. The third-order valence-electron chi connectivity index (χ3n) is 3.96. The van der Waals surface area contributed by atoms with Gasteiger partial charge in [0.15, 0.2) is 0 Å². The first-order valence-corrected chi connectivity index (χ1v) is 10.9. The van der Waals surface area contributed by atoms with Crippen LogP contribution in [-0.2, 0) is 10.0 Å². The first-order chi connectivity index (χ1) is 13.2. The molecule has 0 unspecified atom stereocenters. The third-order valence-corrected chi connectivity index (χ3v) is 4.55. The molecule has 0 radical (unpaired) electrons. The molecule has 0 aromatic heterocycles. The highest BCUT2D eigenvalue weighted by Gasteiger charge is 2.15. The summed E-state index contributed by atoms with van der Waals surface area (Å²) in [5, 5.41) is 6.03. The molecule has 0 heterocycles. The van der Waals surface area contributed by atoms with Crippen LogP contribution in [0, 0.1) is 13.8 Å². The zero-order valence-electron chi connectivity index (χ0n) is 16.6. The lowest BCUT2D eigenvalue weighted by molar-refractivity contribution is 0.102. The number of likely N-dealkylation sites (N-methyl/N-ethyl adjacent to an activating group) is 1. The molecule has 0 fully saturated rings. The number of rotatable bonds is 9.